The van der Waals surface area contributed by atoms with Gasteiger partial charge in [-0.3, -0.25) is 9.59 Å². The lowest BCUT2D eigenvalue weighted by molar-refractivity contribution is -0.138. The lowest BCUT2D eigenvalue weighted by Gasteiger charge is -2.14. The van der Waals surface area contributed by atoms with E-state index in [0.29, 0.717) is 6.54 Å². The summed E-state index contributed by atoms with van der Waals surface area (Å²) in [5.74, 6) is -1.04. The normalized spacial score (nSPS) is 12.5. The Bertz CT molecular complexity index is 231. The maximum atomic E-state index is 11.4. The molecule has 0 aromatic heterocycles. The zero-order chi connectivity index (χ0) is 12.6. The minimum absolute atomic E-state index is 0.0439. The van der Waals surface area contributed by atoms with Crippen LogP contribution in [0.3, 0.4) is 0 Å². The van der Waals surface area contributed by atoms with Gasteiger partial charge in [0.1, 0.15) is 0 Å². The van der Waals surface area contributed by atoms with Crippen LogP contribution in [0.5, 0.6) is 0 Å². The molecule has 5 nitrogen and oxygen atoms in total. The molecule has 0 heterocycles. The van der Waals surface area contributed by atoms with Gasteiger partial charge in [-0.1, -0.05) is 13.8 Å². The second-order valence-electron chi connectivity index (χ2n) is 4.15. The molecular weight excluding hydrogens is 208 g/mol. The number of likely N-dealkylation sites (N-methyl/N-ethyl adjacent to an activating group) is 1. The molecule has 16 heavy (non-hydrogen) atoms. The van der Waals surface area contributed by atoms with Crippen LogP contribution in [0.4, 0.5) is 0 Å². The molecule has 0 saturated heterocycles. The topological polar surface area (TPSA) is 69.6 Å². The number of carbonyl (C=O) groups excluding carboxylic acids is 1. The van der Waals surface area contributed by atoms with Crippen LogP contribution in [0.15, 0.2) is 0 Å². The number of carboxylic acids is 1. The van der Waals surface area contributed by atoms with Crippen molar-refractivity contribution in [2.75, 3.05) is 26.7 Å². The SMILES string of the molecule is CCN(C)CCNC(=O)CC(C)CC(=O)O. The Labute approximate surface area is 96.8 Å². The first-order valence-corrected chi connectivity index (χ1v) is 5.62. The monoisotopic (exact) mass is 230 g/mol. The third-order valence-electron chi connectivity index (χ3n) is 2.41. The highest BCUT2D eigenvalue weighted by Gasteiger charge is 2.12. The molecule has 0 saturated carbocycles. The Balaban J connectivity index is 3.62. The van der Waals surface area contributed by atoms with Gasteiger partial charge in [-0.05, 0) is 19.5 Å². The molecule has 0 aromatic rings. The van der Waals surface area contributed by atoms with Gasteiger partial charge in [0.25, 0.3) is 0 Å². The van der Waals surface area contributed by atoms with Crippen LogP contribution in [0.2, 0.25) is 0 Å². The highest BCUT2D eigenvalue weighted by Crippen LogP contribution is 2.06. The van der Waals surface area contributed by atoms with Gasteiger partial charge in [-0.15, -0.1) is 0 Å². The van der Waals surface area contributed by atoms with Crippen LogP contribution < -0.4 is 5.32 Å². The van der Waals surface area contributed by atoms with E-state index < -0.39 is 5.97 Å². The largest absolute Gasteiger partial charge is 0.481 e. The number of carbonyl (C=O) groups is 2. The van der Waals surface area contributed by atoms with Gasteiger partial charge in [0.2, 0.25) is 5.91 Å². The van der Waals surface area contributed by atoms with E-state index in [1.54, 1.807) is 6.92 Å². The van der Waals surface area contributed by atoms with Gasteiger partial charge in [-0.25, -0.2) is 0 Å². The highest BCUT2D eigenvalue weighted by molar-refractivity contribution is 5.77. The summed E-state index contributed by atoms with van der Waals surface area (Å²) in [6, 6.07) is 0. The molecule has 0 spiro atoms. The Morgan fingerprint density at radius 2 is 2.00 bits per heavy atom. The number of amides is 1. The standard InChI is InChI=1S/C11H22N2O3/c1-4-13(3)6-5-12-10(14)7-9(2)8-11(15)16/h9H,4-8H2,1-3H3,(H,12,14)(H,15,16). The molecule has 1 atom stereocenters. The fourth-order valence-corrected chi connectivity index (χ4v) is 1.30. The number of hydrogen-bond donors (Lipinski definition) is 2. The van der Waals surface area contributed by atoms with Gasteiger partial charge >= 0.3 is 5.97 Å². The predicted octanol–water partition coefficient (Wildman–Crippen LogP) is 0.555. The molecule has 0 radical (unpaired) electrons. The van der Waals surface area contributed by atoms with Crippen molar-refractivity contribution in [3.63, 3.8) is 0 Å². The summed E-state index contributed by atoms with van der Waals surface area (Å²) in [4.78, 5) is 23.9. The van der Waals surface area contributed by atoms with Crippen molar-refractivity contribution in [1.29, 1.82) is 0 Å². The van der Waals surface area contributed by atoms with Crippen molar-refractivity contribution in [2.24, 2.45) is 5.92 Å². The summed E-state index contributed by atoms with van der Waals surface area (Å²) in [5, 5.41) is 11.3. The minimum Gasteiger partial charge on any atom is -0.481 e. The summed E-state index contributed by atoms with van der Waals surface area (Å²) in [6.45, 7) is 6.20. The second kappa shape index (κ2) is 8.10. The lowest BCUT2D eigenvalue weighted by Crippen LogP contribution is -2.33. The molecule has 0 rings (SSSR count). The molecule has 0 fully saturated rings. The average Bonchev–Trinajstić information content (AvgIpc) is 2.15. The van der Waals surface area contributed by atoms with Crippen LogP contribution in [0.25, 0.3) is 0 Å². The Hall–Kier alpha value is -1.10. The highest BCUT2D eigenvalue weighted by atomic mass is 16.4. The van der Waals surface area contributed by atoms with Crippen molar-refractivity contribution in [3.8, 4) is 0 Å². The quantitative estimate of drug-likeness (QED) is 0.639. The van der Waals surface area contributed by atoms with E-state index in [2.05, 4.69) is 17.1 Å². The molecular formula is C11H22N2O3. The number of nitrogens with one attached hydrogen (secondary N) is 1. The average molecular weight is 230 g/mol. The zero-order valence-corrected chi connectivity index (χ0v) is 10.3. The summed E-state index contributed by atoms with van der Waals surface area (Å²) >= 11 is 0. The fourth-order valence-electron chi connectivity index (χ4n) is 1.30. The molecule has 5 heteroatoms. The van der Waals surface area contributed by atoms with E-state index >= 15 is 0 Å². The van der Waals surface area contributed by atoms with Crippen molar-refractivity contribution < 1.29 is 14.7 Å². The van der Waals surface area contributed by atoms with E-state index in [4.69, 9.17) is 5.11 Å². The van der Waals surface area contributed by atoms with Crippen LogP contribution in [-0.4, -0.2) is 48.6 Å². The van der Waals surface area contributed by atoms with Gasteiger partial charge in [0.15, 0.2) is 0 Å². The zero-order valence-electron chi connectivity index (χ0n) is 10.3. The summed E-state index contributed by atoms with van der Waals surface area (Å²) in [7, 11) is 1.99. The molecule has 0 bridgehead atoms. The van der Waals surface area contributed by atoms with Gasteiger partial charge in [0.05, 0.1) is 0 Å². The molecule has 1 unspecified atom stereocenters. The Morgan fingerprint density at radius 3 is 2.50 bits per heavy atom. The number of aliphatic carboxylic acids is 1. The predicted molar refractivity (Wildman–Crippen MR) is 62.2 cm³/mol. The summed E-state index contributed by atoms with van der Waals surface area (Å²) < 4.78 is 0. The van der Waals surface area contributed by atoms with Gasteiger partial charge < -0.3 is 15.3 Å². The maximum absolute atomic E-state index is 11.4. The first kappa shape index (κ1) is 14.9. The molecule has 0 aliphatic rings. The smallest absolute Gasteiger partial charge is 0.303 e. The summed E-state index contributed by atoms with van der Waals surface area (Å²) in [6.07, 6.45) is 0.324. The van der Waals surface area contributed by atoms with Crippen molar-refractivity contribution >= 4 is 11.9 Å². The number of rotatable bonds is 8. The van der Waals surface area contributed by atoms with Crippen molar-refractivity contribution in [2.45, 2.75) is 26.7 Å². The van der Waals surface area contributed by atoms with Gasteiger partial charge in [0, 0.05) is 25.9 Å². The van der Waals surface area contributed by atoms with E-state index in [-0.39, 0.29) is 24.7 Å². The number of nitrogens with zero attached hydrogens (tertiary/aromatic N) is 1. The van der Waals surface area contributed by atoms with Crippen LogP contribution in [0.1, 0.15) is 26.7 Å². The minimum atomic E-state index is -0.856. The fraction of sp³-hybridized carbons (Fsp3) is 0.818. The van der Waals surface area contributed by atoms with E-state index in [1.807, 2.05) is 7.05 Å². The van der Waals surface area contributed by atoms with Crippen LogP contribution in [0, 0.1) is 5.92 Å². The van der Waals surface area contributed by atoms with Crippen molar-refractivity contribution in [3.05, 3.63) is 0 Å². The lowest BCUT2D eigenvalue weighted by atomic mass is 10.0. The Morgan fingerprint density at radius 1 is 1.38 bits per heavy atom. The summed E-state index contributed by atoms with van der Waals surface area (Å²) in [5.41, 5.74) is 0. The molecule has 0 aliphatic carbocycles. The Kier molecular flexibility index (Phi) is 7.54. The molecule has 94 valence electrons. The van der Waals surface area contributed by atoms with E-state index in [9.17, 15) is 9.59 Å². The third kappa shape index (κ3) is 8.23. The molecule has 0 aromatic carbocycles. The molecule has 2 N–H and O–H groups in total. The third-order valence-corrected chi connectivity index (χ3v) is 2.41. The van der Waals surface area contributed by atoms with E-state index in [0.717, 1.165) is 13.1 Å². The number of hydrogen-bond acceptors (Lipinski definition) is 3. The number of carboxylic acid groups (broad SMARTS) is 1. The van der Waals surface area contributed by atoms with Gasteiger partial charge in [-0.2, -0.15) is 0 Å². The van der Waals surface area contributed by atoms with Crippen LogP contribution >= 0.6 is 0 Å². The van der Waals surface area contributed by atoms with Crippen LogP contribution in [-0.2, 0) is 9.59 Å². The first-order chi connectivity index (χ1) is 7.45. The molecule has 1 amide bonds. The van der Waals surface area contributed by atoms with E-state index in [1.165, 1.54) is 0 Å². The maximum Gasteiger partial charge on any atom is 0.303 e. The molecule has 0 aliphatic heterocycles. The van der Waals surface area contributed by atoms with Crippen molar-refractivity contribution in [1.82, 2.24) is 10.2 Å². The first-order valence-electron chi connectivity index (χ1n) is 5.62. The second-order valence-corrected chi connectivity index (χ2v) is 4.15.